The normalized spacial score (nSPS) is 10.5. The third-order valence-corrected chi connectivity index (χ3v) is 3.05. The number of rotatable bonds is 2. The first-order valence-electron chi connectivity index (χ1n) is 4.16. The molecule has 0 aliphatic heterocycles. The summed E-state index contributed by atoms with van der Waals surface area (Å²) in [5.41, 5.74) is 2.87. The predicted octanol–water partition coefficient (Wildman–Crippen LogP) is 2.92. The van der Waals surface area contributed by atoms with E-state index in [0.29, 0.717) is 6.54 Å². The van der Waals surface area contributed by atoms with E-state index in [9.17, 15) is 4.39 Å². The predicted molar refractivity (Wildman–Crippen MR) is 56.3 cm³/mol. The Kier molecular flexibility index (Phi) is 3.45. The van der Waals surface area contributed by atoms with Gasteiger partial charge in [-0.05, 0) is 43.7 Å². The van der Waals surface area contributed by atoms with Crippen molar-refractivity contribution >= 4 is 15.9 Å². The van der Waals surface area contributed by atoms with Crippen molar-refractivity contribution in [3.63, 3.8) is 0 Å². The van der Waals surface area contributed by atoms with Gasteiger partial charge in [0.05, 0.1) is 0 Å². The van der Waals surface area contributed by atoms with E-state index in [0.717, 1.165) is 21.2 Å². The van der Waals surface area contributed by atoms with Crippen LogP contribution in [0, 0.1) is 19.7 Å². The Balaban J connectivity index is 3.28. The number of halogens is 2. The molecule has 0 bridgehead atoms. The molecule has 0 aliphatic carbocycles. The van der Waals surface area contributed by atoms with Gasteiger partial charge in [-0.1, -0.05) is 15.9 Å². The highest BCUT2D eigenvalue weighted by Crippen LogP contribution is 2.25. The molecule has 0 unspecified atom stereocenters. The van der Waals surface area contributed by atoms with Gasteiger partial charge in [0.15, 0.2) is 0 Å². The average molecular weight is 246 g/mol. The molecular weight excluding hydrogens is 233 g/mol. The summed E-state index contributed by atoms with van der Waals surface area (Å²) in [5.74, 6) is -0.150. The Morgan fingerprint density at radius 2 is 2.00 bits per heavy atom. The van der Waals surface area contributed by atoms with Crippen LogP contribution in [0.3, 0.4) is 0 Å². The fourth-order valence-corrected chi connectivity index (χ4v) is 1.78. The van der Waals surface area contributed by atoms with Gasteiger partial charge in [-0.2, -0.15) is 0 Å². The molecule has 0 fully saturated rings. The van der Waals surface area contributed by atoms with Crippen LogP contribution in [-0.4, -0.2) is 7.05 Å². The van der Waals surface area contributed by atoms with Gasteiger partial charge in [0.25, 0.3) is 0 Å². The number of hydrogen-bond acceptors (Lipinski definition) is 1. The van der Waals surface area contributed by atoms with E-state index in [1.807, 2.05) is 14.0 Å². The summed E-state index contributed by atoms with van der Waals surface area (Å²) < 4.78 is 14.1. The third-order valence-electron chi connectivity index (χ3n) is 2.23. The lowest BCUT2D eigenvalue weighted by molar-refractivity contribution is 0.611. The smallest absolute Gasteiger partial charge is 0.127 e. The fourth-order valence-electron chi connectivity index (χ4n) is 1.34. The first kappa shape index (κ1) is 10.7. The molecule has 72 valence electrons. The van der Waals surface area contributed by atoms with Gasteiger partial charge >= 0.3 is 0 Å². The van der Waals surface area contributed by atoms with Crippen molar-refractivity contribution in [2.24, 2.45) is 0 Å². The van der Waals surface area contributed by atoms with Crippen LogP contribution in [-0.2, 0) is 6.54 Å². The maximum absolute atomic E-state index is 13.3. The number of nitrogens with one attached hydrogen (secondary N) is 1. The van der Waals surface area contributed by atoms with Crippen LogP contribution in [0.4, 0.5) is 4.39 Å². The molecule has 0 radical (unpaired) electrons. The third kappa shape index (κ3) is 2.09. The second-order valence-corrected chi connectivity index (χ2v) is 3.95. The van der Waals surface area contributed by atoms with Crippen molar-refractivity contribution in [3.8, 4) is 0 Å². The van der Waals surface area contributed by atoms with E-state index in [2.05, 4.69) is 21.2 Å². The van der Waals surface area contributed by atoms with Gasteiger partial charge in [-0.25, -0.2) is 4.39 Å². The molecule has 1 rings (SSSR count). The Labute approximate surface area is 86.5 Å². The van der Waals surface area contributed by atoms with Crippen LogP contribution in [0.25, 0.3) is 0 Å². The van der Waals surface area contributed by atoms with Gasteiger partial charge in [0.1, 0.15) is 5.82 Å². The van der Waals surface area contributed by atoms with Crippen LogP contribution in [0.15, 0.2) is 10.5 Å². The van der Waals surface area contributed by atoms with Gasteiger partial charge in [-0.3, -0.25) is 0 Å². The molecule has 1 aromatic rings. The topological polar surface area (TPSA) is 12.0 Å². The van der Waals surface area contributed by atoms with Crippen molar-refractivity contribution in [1.29, 1.82) is 0 Å². The molecule has 0 aliphatic rings. The van der Waals surface area contributed by atoms with Gasteiger partial charge in [0.2, 0.25) is 0 Å². The molecule has 0 spiro atoms. The monoisotopic (exact) mass is 245 g/mol. The summed E-state index contributed by atoms with van der Waals surface area (Å²) in [6, 6.07) is 1.52. The Morgan fingerprint density at radius 3 is 2.54 bits per heavy atom. The lowest BCUT2D eigenvalue weighted by Crippen LogP contribution is -2.09. The Bertz CT molecular complexity index is 297. The van der Waals surface area contributed by atoms with E-state index in [1.54, 1.807) is 6.92 Å². The second-order valence-electron chi connectivity index (χ2n) is 3.10. The summed E-state index contributed by atoms with van der Waals surface area (Å²) in [4.78, 5) is 0. The molecular formula is C10H13BrFN. The number of benzene rings is 1. The lowest BCUT2D eigenvalue weighted by atomic mass is 10.0. The van der Waals surface area contributed by atoms with Crippen LogP contribution in [0.5, 0.6) is 0 Å². The summed E-state index contributed by atoms with van der Waals surface area (Å²) in [6.07, 6.45) is 0. The molecule has 13 heavy (non-hydrogen) atoms. The summed E-state index contributed by atoms with van der Waals surface area (Å²) >= 11 is 3.33. The van der Waals surface area contributed by atoms with Crippen molar-refractivity contribution in [1.82, 2.24) is 5.32 Å². The minimum Gasteiger partial charge on any atom is -0.316 e. The quantitative estimate of drug-likeness (QED) is 0.845. The highest BCUT2D eigenvalue weighted by molar-refractivity contribution is 9.10. The van der Waals surface area contributed by atoms with E-state index in [1.165, 1.54) is 6.07 Å². The summed E-state index contributed by atoms with van der Waals surface area (Å²) in [5, 5.41) is 3.03. The summed E-state index contributed by atoms with van der Waals surface area (Å²) in [7, 11) is 1.86. The van der Waals surface area contributed by atoms with Crippen LogP contribution in [0.1, 0.15) is 16.7 Å². The maximum atomic E-state index is 13.3. The second kappa shape index (κ2) is 4.20. The van der Waals surface area contributed by atoms with Crippen molar-refractivity contribution in [3.05, 3.63) is 33.0 Å². The molecule has 1 N–H and O–H groups in total. The molecule has 0 aromatic heterocycles. The van der Waals surface area contributed by atoms with Gasteiger partial charge < -0.3 is 5.32 Å². The largest absolute Gasteiger partial charge is 0.316 e. The minimum absolute atomic E-state index is 0.150. The molecule has 3 heteroatoms. The SMILES string of the molecule is CNCc1c(C)c(F)cc(Br)c1C. The molecule has 0 saturated heterocycles. The zero-order chi connectivity index (χ0) is 10.0. The first-order valence-corrected chi connectivity index (χ1v) is 4.96. The highest BCUT2D eigenvalue weighted by atomic mass is 79.9. The van der Waals surface area contributed by atoms with Crippen LogP contribution in [0.2, 0.25) is 0 Å². The summed E-state index contributed by atoms with van der Waals surface area (Å²) in [6.45, 7) is 4.50. The van der Waals surface area contributed by atoms with Crippen molar-refractivity contribution in [2.45, 2.75) is 20.4 Å². The fraction of sp³-hybridized carbons (Fsp3) is 0.400. The zero-order valence-corrected chi connectivity index (χ0v) is 9.63. The molecule has 0 atom stereocenters. The van der Waals surface area contributed by atoms with Crippen molar-refractivity contribution < 1.29 is 4.39 Å². The molecule has 0 amide bonds. The first-order chi connectivity index (χ1) is 6.07. The zero-order valence-electron chi connectivity index (χ0n) is 8.04. The standard InChI is InChI=1S/C10H13BrFN/c1-6-8(5-13-3)7(2)10(12)4-9(6)11/h4,13H,5H2,1-3H3. The van der Waals surface area contributed by atoms with E-state index >= 15 is 0 Å². The Hall–Kier alpha value is -0.410. The Morgan fingerprint density at radius 1 is 1.38 bits per heavy atom. The maximum Gasteiger partial charge on any atom is 0.127 e. The highest BCUT2D eigenvalue weighted by Gasteiger charge is 2.09. The van der Waals surface area contributed by atoms with Gasteiger partial charge in [0, 0.05) is 11.0 Å². The van der Waals surface area contributed by atoms with Crippen molar-refractivity contribution in [2.75, 3.05) is 7.05 Å². The lowest BCUT2D eigenvalue weighted by Gasteiger charge is -2.11. The van der Waals surface area contributed by atoms with E-state index in [-0.39, 0.29) is 5.82 Å². The number of hydrogen-bond donors (Lipinski definition) is 1. The molecule has 1 aromatic carbocycles. The molecule has 0 saturated carbocycles. The average Bonchev–Trinajstić information content (AvgIpc) is 2.09. The minimum atomic E-state index is -0.150. The van der Waals surface area contributed by atoms with E-state index < -0.39 is 0 Å². The van der Waals surface area contributed by atoms with E-state index in [4.69, 9.17) is 0 Å². The molecule has 0 heterocycles. The van der Waals surface area contributed by atoms with Crippen LogP contribution >= 0.6 is 15.9 Å². The molecule has 1 nitrogen and oxygen atoms in total. The van der Waals surface area contributed by atoms with Crippen LogP contribution < -0.4 is 5.32 Å². The van der Waals surface area contributed by atoms with Gasteiger partial charge in [-0.15, -0.1) is 0 Å².